The molecule has 2 aliphatic carbocycles. The molecule has 288 valence electrons. The second-order valence-corrected chi connectivity index (χ2v) is 17.2. The van der Waals surface area contributed by atoms with Crippen LogP contribution in [0, 0.1) is 11.3 Å². The first-order valence-corrected chi connectivity index (χ1v) is 19.5. The van der Waals surface area contributed by atoms with Crippen molar-refractivity contribution in [2.24, 2.45) is 11.3 Å². The molecule has 5 atom stereocenters. The third-order valence-electron chi connectivity index (χ3n) is 9.94. The molecule has 1 saturated heterocycles. The smallest absolute Gasteiger partial charge is 0.260 e. The zero-order chi connectivity index (χ0) is 38.9. The topological polar surface area (TPSA) is 182 Å². The molecule has 4 amide bonds. The van der Waals surface area contributed by atoms with Crippen molar-refractivity contribution in [3.63, 3.8) is 0 Å². The molecule has 15 heteroatoms. The molecular formula is C39H47N5O9S. The van der Waals surface area contributed by atoms with Gasteiger partial charge in [-0.1, -0.05) is 57.7 Å². The van der Waals surface area contributed by atoms with E-state index in [1.54, 1.807) is 13.2 Å². The molecule has 2 aromatic carbocycles. The highest BCUT2D eigenvalue weighted by Crippen LogP contribution is 2.39. The van der Waals surface area contributed by atoms with E-state index in [1.807, 2.05) is 69.3 Å². The van der Waals surface area contributed by atoms with E-state index in [-0.39, 0.29) is 25.1 Å². The van der Waals surface area contributed by atoms with Gasteiger partial charge in [0.2, 0.25) is 27.7 Å². The van der Waals surface area contributed by atoms with Gasteiger partial charge in [0.25, 0.3) is 5.91 Å². The third-order valence-corrected chi connectivity index (χ3v) is 11.8. The second kappa shape index (κ2) is 15.4. The lowest BCUT2D eigenvalue weighted by atomic mass is 9.85. The molecule has 14 nitrogen and oxygen atoms in total. The number of nitrogens with zero attached hydrogens (tertiary/aromatic N) is 2. The zero-order valence-electron chi connectivity index (χ0n) is 31.1. The third kappa shape index (κ3) is 8.68. The summed E-state index contributed by atoms with van der Waals surface area (Å²) in [5, 5.41) is 5.88. The van der Waals surface area contributed by atoms with Crippen LogP contribution in [-0.2, 0) is 33.9 Å². The summed E-state index contributed by atoms with van der Waals surface area (Å²) in [7, 11) is -0.804. The molecule has 2 heterocycles. The van der Waals surface area contributed by atoms with Crippen LogP contribution in [0.2, 0.25) is 0 Å². The van der Waals surface area contributed by atoms with Gasteiger partial charge in [0, 0.05) is 54.1 Å². The molecule has 0 radical (unpaired) electrons. The van der Waals surface area contributed by atoms with E-state index >= 15 is 0 Å². The second-order valence-electron chi connectivity index (χ2n) is 15.2. The van der Waals surface area contributed by atoms with Crippen LogP contribution < -0.4 is 24.8 Å². The minimum Gasteiger partial charge on any atom is -0.497 e. The Labute approximate surface area is 315 Å². The van der Waals surface area contributed by atoms with Crippen LogP contribution in [0.1, 0.15) is 46.5 Å². The number of amides is 4. The fourth-order valence-electron chi connectivity index (χ4n) is 6.70. The maximum Gasteiger partial charge on any atom is 0.260 e. The summed E-state index contributed by atoms with van der Waals surface area (Å²) in [4.78, 5) is 60.2. The molecule has 1 aliphatic heterocycles. The Morgan fingerprint density at radius 2 is 1.74 bits per heavy atom. The molecule has 2 saturated carbocycles. The number of hydrogen-bond donors (Lipinski definition) is 3. The zero-order valence-corrected chi connectivity index (χ0v) is 31.9. The van der Waals surface area contributed by atoms with Gasteiger partial charge in [-0.15, -0.1) is 0 Å². The normalized spacial score (nSPS) is 21.5. The van der Waals surface area contributed by atoms with E-state index in [2.05, 4.69) is 21.9 Å². The Balaban J connectivity index is 1.26. The van der Waals surface area contributed by atoms with E-state index in [0.717, 1.165) is 5.56 Å². The quantitative estimate of drug-likeness (QED) is 0.207. The minimum atomic E-state index is -3.76. The van der Waals surface area contributed by atoms with Gasteiger partial charge in [0.15, 0.2) is 0 Å². The van der Waals surface area contributed by atoms with Crippen molar-refractivity contribution in [1.29, 1.82) is 0 Å². The largest absolute Gasteiger partial charge is 0.497 e. The first kappa shape index (κ1) is 38.7. The van der Waals surface area contributed by atoms with Gasteiger partial charge in [0.05, 0.1) is 30.1 Å². The van der Waals surface area contributed by atoms with Gasteiger partial charge in [-0.3, -0.25) is 19.2 Å². The number of pyridine rings is 1. The number of nitrogens with one attached hydrogen (secondary N) is 3. The predicted molar refractivity (Wildman–Crippen MR) is 201 cm³/mol. The molecule has 3 N–H and O–H groups in total. The maximum atomic E-state index is 14.4. The Kier molecular flexibility index (Phi) is 11.0. The monoisotopic (exact) mass is 761 g/mol. The van der Waals surface area contributed by atoms with Crippen LogP contribution in [-0.4, -0.2) is 98.8 Å². The number of methoxy groups -OCH3 is 2. The molecule has 3 fully saturated rings. The van der Waals surface area contributed by atoms with Crippen LogP contribution in [0.4, 0.5) is 0 Å². The van der Waals surface area contributed by atoms with Crippen molar-refractivity contribution in [2.75, 3.05) is 27.4 Å². The summed E-state index contributed by atoms with van der Waals surface area (Å²) in [6, 6.07) is 14.4. The van der Waals surface area contributed by atoms with Gasteiger partial charge in [0.1, 0.15) is 36.3 Å². The number of carbonyl (C=O) groups excluding carboxylic acids is 4. The Bertz CT molecular complexity index is 2060. The lowest BCUT2D eigenvalue weighted by Gasteiger charge is -2.35. The van der Waals surface area contributed by atoms with Crippen LogP contribution in [0.5, 0.6) is 11.5 Å². The lowest BCUT2D eigenvalue weighted by molar-refractivity contribution is -0.144. The summed E-state index contributed by atoms with van der Waals surface area (Å²) in [6.45, 7) is 9.06. The molecular weight excluding hydrogens is 715 g/mol. The number of aromatic nitrogens is 1. The summed E-state index contributed by atoms with van der Waals surface area (Å²) < 4.78 is 43.9. The number of hydrogen-bond acceptors (Lipinski definition) is 10. The number of carbonyl (C=O) groups is 4. The van der Waals surface area contributed by atoms with Gasteiger partial charge < -0.3 is 29.7 Å². The average Bonchev–Trinajstić information content (AvgIpc) is 4.07. The molecule has 0 unspecified atom stereocenters. The standard InChI is InChI=1S/C39H47N5O9S/c1-22(36(46)43-54(49,50)26-13-14-26)28-18-31(28)41-37(47)32-17-25(20-44(32)38(48)35(39(2,3)4)42-34(45)21-51-5)53-33-19-29(23-10-8-7-9-11-23)40-30-16-24(52-6)12-15-27(30)33/h7-12,15-16,19,25-26,28,31-32,35H,1,13-14,17-18,20-21H2,2-6H3,(H,41,47)(H,42,45)(H,43,46)/t25-,28+,31-,32+,35-/m1/s1. The number of fused-ring (bicyclic) bond motifs is 1. The first-order chi connectivity index (χ1) is 25.6. The Morgan fingerprint density at radius 1 is 1.02 bits per heavy atom. The van der Waals surface area contributed by atoms with Gasteiger partial charge >= 0.3 is 0 Å². The van der Waals surface area contributed by atoms with Gasteiger partial charge in [-0.25, -0.2) is 18.1 Å². The highest BCUT2D eigenvalue weighted by atomic mass is 32.2. The SMILES string of the molecule is C=C(C(=O)NS(=O)(=O)C1CC1)[C@@H]1C[C@H]1NC(=O)[C@@H]1C[C@@H](Oc2cc(-c3ccccc3)nc3cc(OC)ccc23)CN1C(=O)[C@@H](NC(=O)COC)C(C)(C)C. The molecule has 6 rings (SSSR count). The molecule has 54 heavy (non-hydrogen) atoms. The molecule has 0 spiro atoms. The van der Waals surface area contributed by atoms with E-state index in [4.69, 9.17) is 19.2 Å². The van der Waals surface area contributed by atoms with Crippen molar-refractivity contribution < 1.29 is 41.8 Å². The lowest BCUT2D eigenvalue weighted by Crippen LogP contribution is -2.58. The Hall–Kier alpha value is -5.02. The summed E-state index contributed by atoms with van der Waals surface area (Å²) in [5.41, 5.74) is 1.49. The molecule has 3 aliphatic rings. The minimum absolute atomic E-state index is 0.0343. The van der Waals surface area contributed by atoms with Gasteiger partial charge in [-0.2, -0.15) is 0 Å². The average molecular weight is 762 g/mol. The van der Waals surface area contributed by atoms with Crippen LogP contribution in [0.15, 0.2) is 66.7 Å². The van der Waals surface area contributed by atoms with Crippen LogP contribution in [0.3, 0.4) is 0 Å². The van der Waals surface area contributed by atoms with E-state index in [1.165, 1.54) is 12.0 Å². The highest BCUT2D eigenvalue weighted by Gasteiger charge is 2.49. The summed E-state index contributed by atoms with van der Waals surface area (Å²) in [5.74, 6) is -1.54. The highest BCUT2D eigenvalue weighted by molar-refractivity contribution is 7.91. The fraction of sp³-hybridized carbons (Fsp3) is 0.462. The maximum absolute atomic E-state index is 14.4. The molecule has 1 aromatic heterocycles. The van der Waals surface area contributed by atoms with Crippen LogP contribution >= 0.6 is 0 Å². The number of ether oxygens (including phenoxy) is 3. The van der Waals surface area contributed by atoms with Crippen molar-refractivity contribution in [2.45, 2.75) is 75.9 Å². The van der Waals surface area contributed by atoms with Crippen molar-refractivity contribution in [3.05, 3.63) is 66.7 Å². The summed E-state index contributed by atoms with van der Waals surface area (Å²) >= 11 is 0. The van der Waals surface area contributed by atoms with Crippen molar-refractivity contribution in [3.8, 4) is 22.8 Å². The molecule has 3 aromatic rings. The number of benzene rings is 2. The predicted octanol–water partition coefficient (Wildman–Crippen LogP) is 3.11. The number of likely N-dealkylation sites (tertiary alicyclic amines) is 1. The van der Waals surface area contributed by atoms with Crippen LogP contribution in [0.25, 0.3) is 22.2 Å². The van der Waals surface area contributed by atoms with Crippen molar-refractivity contribution >= 4 is 44.6 Å². The first-order valence-electron chi connectivity index (χ1n) is 17.9. The molecule has 0 bridgehead atoms. The summed E-state index contributed by atoms with van der Waals surface area (Å²) in [6.07, 6.45) is 0.879. The van der Waals surface area contributed by atoms with E-state index in [0.29, 0.717) is 47.4 Å². The Morgan fingerprint density at radius 3 is 2.39 bits per heavy atom. The van der Waals surface area contributed by atoms with E-state index < -0.39 is 74.5 Å². The number of rotatable bonds is 14. The van der Waals surface area contributed by atoms with Gasteiger partial charge in [-0.05, 0) is 36.8 Å². The van der Waals surface area contributed by atoms with E-state index in [9.17, 15) is 27.6 Å². The van der Waals surface area contributed by atoms with Crippen molar-refractivity contribution in [1.82, 2.24) is 25.2 Å². The fourth-order valence-corrected chi connectivity index (χ4v) is 8.02. The number of sulfonamides is 1.